The molecule has 0 aliphatic heterocycles. The maximum Gasteiger partial charge on any atom is 0.338 e. The van der Waals surface area contributed by atoms with E-state index in [-0.39, 0.29) is 6.61 Å². The third-order valence-corrected chi connectivity index (χ3v) is 4.30. The maximum absolute atomic E-state index is 11.7. The van der Waals surface area contributed by atoms with E-state index in [1.165, 1.54) is 32.3 Å². The first-order valence-electron chi connectivity index (χ1n) is 5.45. The predicted molar refractivity (Wildman–Crippen MR) is 76.3 cm³/mol. The van der Waals surface area contributed by atoms with Gasteiger partial charge in [-0.25, -0.2) is 4.79 Å². The zero-order valence-electron chi connectivity index (χ0n) is 10.8. The molecule has 8 heteroatoms. The summed E-state index contributed by atoms with van der Waals surface area (Å²) in [5, 5.41) is 0. The average molecular weight is 351 g/mol. The largest absolute Gasteiger partial charge is 0.462 e. The number of ether oxygens (including phenoxy) is 1. The van der Waals surface area contributed by atoms with Gasteiger partial charge in [-0.15, -0.1) is 0 Å². The van der Waals surface area contributed by atoms with Crippen LogP contribution in [0.5, 0.6) is 0 Å². The van der Waals surface area contributed by atoms with Crippen molar-refractivity contribution in [3.05, 3.63) is 28.2 Å². The van der Waals surface area contributed by atoms with Crippen molar-refractivity contribution in [1.82, 2.24) is 4.31 Å². The average Bonchev–Trinajstić information content (AvgIpc) is 2.31. The summed E-state index contributed by atoms with van der Waals surface area (Å²) >= 11 is 3.22. The molecule has 106 valence electrons. The molecule has 0 spiro atoms. The number of nitrogens with one attached hydrogen (secondary N) is 1. The summed E-state index contributed by atoms with van der Waals surface area (Å²) in [4.78, 5) is 11.5. The second-order valence-corrected chi connectivity index (χ2v) is 6.54. The molecular weight excluding hydrogens is 336 g/mol. The van der Waals surface area contributed by atoms with Crippen molar-refractivity contribution in [2.75, 3.05) is 25.4 Å². The van der Waals surface area contributed by atoms with Crippen LogP contribution in [0.15, 0.2) is 22.7 Å². The first kappa shape index (κ1) is 15.9. The van der Waals surface area contributed by atoms with Gasteiger partial charge in [0, 0.05) is 18.6 Å². The van der Waals surface area contributed by atoms with Gasteiger partial charge in [-0.05, 0) is 41.1 Å². The fraction of sp³-hybridized carbons (Fsp3) is 0.364. The standard InChI is InChI=1S/C11H15BrN2O4S/c1-4-18-11(15)8-5-6-10(9(12)7-8)13-19(16,17)14(2)3/h5-7,13H,4H2,1-3H3. The SMILES string of the molecule is CCOC(=O)c1ccc(NS(=O)(=O)N(C)C)c(Br)c1. The number of nitrogens with zero attached hydrogens (tertiary/aromatic N) is 1. The minimum Gasteiger partial charge on any atom is -0.462 e. The van der Waals surface area contributed by atoms with Crippen molar-refractivity contribution in [3.8, 4) is 0 Å². The quantitative estimate of drug-likeness (QED) is 0.822. The molecular formula is C11H15BrN2O4S. The Balaban J connectivity index is 2.99. The lowest BCUT2D eigenvalue weighted by Gasteiger charge is -2.14. The summed E-state index contributed by atoms with van der Waals surface area (Å²) in [7, 11) is -0.740. The summed E-state index contributed by atoms with van der Waals surface area (Å²) in [6, 6.07) is 4.50. The molecule has 0 heterocycles. The maximum atomic E-state index is 11.7. The molecule has 0 saturated heterocycles. The Morgan fingerprint density at radius 3 is 2.53 bits per heavy atom. The molecule has 6 nitrogen and oxygen atoms in total. The molecule has 0 atom stereocenters. The highest BCUT2D eigenvalue weighted by Gasteiger charge is 2.16. The number of halogens is 1. The van der Waals surface area contributed by atoms with Crippen LogP contribution in [0.1, 0.15) is 17.3 Å². The molecule has 0 amide bonds. The van der Waals surface area contributed by atoms with Gasteiger partial charge >= 0.3 is 16.2 Å². The van der Waals surface area contributed by atoms with Crippen molar-refractivity contribution in [2.24, 2.45) is 0 Å². The number of benzene rings is 1. The fourth-order valence-electron chi connectivity index (χ4n) is 1.17. The first-order valence-corrected chi connectivity index (χ1v) is 7.68. The summed E-state index contributed by atoms with van der Waals surface area (Å²) in [6.45, 7) is 2.00. The van der Waals surface area contributed by atoms with Crippen LogP contribution < -0.4 is 4.72 Å². The lowest BCUT2D eigenvalue weighted by atomic mass is 10.2. The highest BCUT2D eigenvalue weighted by molar-refractivity contribution is 9.10. The molecule has 0 unspecified atom stereocenters. The predicted octanol–water partition coefficient (Wildman–Crippen LogP) is 1.84. The summed E-state index contributed by atoms with van der Waals surface area (Å²) in [5.74, 6) is -0.454. The third-order valence-electron chi connectivity index (χ3n) is 2.20. The molecule has 1 aromatic rings. The number of hydrogen-bond acceptors (Lipinski definition) is 4. The Hall–Kier alpha value is -1.12. The topological polar surface area (TPSA) is 75.7 Å². The second-order valence-electron chi connectivity index (χ2n) is 3.80. The van der Waals surface area contributed by atoms with Crippen LogP contribution in [0.25, 0.3) is 0 Å². The van der Waals surface area contributed by atoms with Crippen LogP contribution in [0.4, 0.5) is 5.69 Å². The van der Waals surface area contributed by atoms with E-state index in [0.29, 0.717) is 15.7 Å². The van der Waals surface area contributed by atoms with Gasteiger partial charge in [0.1, 0.15) is 0 Å². The number of esters is 1. The lowest BCUT2D eigenvalue weighted by molar-refractivity contribution is 0.0526. The normalized spacial score (nSPS) is 11.4. The molecule has 1 N–H and O–H groups in total. The Kier molecular flexibility index (Phi) is 5.33. The third kappa shape index (κ3) is 4.19. The van der Waals surface area contributed by atoms with Crippen molar-refractivity contribution < 1.29 is 17.9 Å². The summed E-state index contributed by atoms with van der Waals surface area (Å²) < 4.78 is 32.1. The monoisotopic (exact) mass is 350 g/mol. The minimum atomic E-state index is -3.58. The molecule has 19 heavy (non-hydrogen) atoms. The molecule has 0 bridgehead atoms. The number of carbonyl (C=O) groups excluding carboxylic acids is 1. The number of rotatable bonds is 5. The van der Waals surface area contributed by atoms with Gasteiger partial charge in [0.05, 0.1) is 17.9 Å². The molecule has 0 aliphatic carbocycles. The Morgan fingerprint density at radius 1 is 1.42 bits per heavy atom. The summed E-state index contributed by atoms with van der Waals surface area (Å²) in [5.41, 5.74) is 0.697. The van der Waals surface area contributed by atoms with Crippen LogP contribution in [-0.2, 0) is 14.9 Å². The van der Waals surface area contributed by atoms with Crippen LogP contribution in [-0.4, -0.2) is 39.4 Å². The Bertz CT molecular complexity index is 572. The lowest BCUT2D eigenvalue weighted by Crippen LogP contribution is -2.29. The van der Waals surface area contributed by atoms with Crippen LogP contribution in [0, 0.1) is 0 Å². The number of hydrogen-bond donors (Lipinski definition) is 1. The van der Waals surface area contributed by atoms with Crippen molar-refractivity contribution in [3.63, 3.8) is 0 Å². The van der Waals surface area contributed by atoms with Gasteiger partial charge < -0.3 is 4.74 Å². The van der Waals surface area contributed by atoms with Gasteiger partial charge in [0.25, 0.3) is 0 Å². The van der Waals surface area contributed by atoms with Crippen LogP contribution >= 0.6 is 15.9 Å². The summed E-state index contributed by atoms with van der Waals surface area (Å²) in [6.07, 6.45) is 0. The minimum absolute atomic E-state index is 0.283. The highest BCUT2D eigenvalue weighted by atomic mass is 79.9. The van der Waals surface area contributed by atoms with Crippen molar-refractivity contribution >= 4 is 37.8 Å². The van der Waals surface area contributed by atoms with Crippen molar-refractivity contribution in [1.29, 1.82) is 0 Å². The molecule has 0 fully saturated rings. The van der Waals surface area contributed by atoms with Crippen LogP contribution in [0.3, 0.4) is 0 Å². The van der Waals surface area contributed by atoms with Gasteiger partial charge in [0.15, 0.2) is 0 Å². The molecule has 0 saturated carbocycles. The molecule has 0 aromatic heterocycles. The van der Waals surface area contributed by atoms with E-state index in [9.17, 15) is 13.2 Å². The molecule has 1 rings (SSSR count). The molecule has 0 aliphatic rings. The molecule has 1 aromatic carbocycles. The smallest absolute Gasteiger partial charge is 0.338 e. The van der Waals surface area contributed by atoms with Gasteiger partial charge in [-0.2, -0.15) is 12.7 Å². The first-order chi connectivity index (χ1) is 8.77. The van der Waals surface area contributed by atoms with E-state index in [2.05, 4.69) is 20.7 Å². The van der Waals surface area contributed by atoms with Gasteiger partial charge in [-0.1, -0.05) is 0 Å². The van der Waals surface area contributed by atoms with Gasteiger partial charge in [-0.3, -0.25) is 4.72 Å². The zero-order valence-corrected chi connectivity index (χ0v) is 13.2. The molecule has 0 radical (unpaired) electrons. The van der Waals surface area contributed by atoms with E-state index < -0.39 is 16.2 Å². The van der Waals surface area contributed by atoms with Crippen molar-refractivity contribution in [2.45, 2.75) is 6.92 Å². The van der Waals surface area contributed by atoms with E-state index in [0.717, 1.165) is 4.31 Å². The fourth-order valence-corrected chi connectivity index (χ4v) is 2.42. The van der Waals surface area contributed by atoms with E-state index in [1.807, 2.05) is 0 Å². The van der Waals surface area contributed by atoms with Gasteiger partial charge in [0.2, 0.25) is 0 Å². The number of anilines is 1. The van der Waals surface area contributed by atoms with E-state index in [4.69, 9.17) is 4.74 Å². The second kappa shape index (κ2) is 6.36. The number of carbonyl (C=O) groups is 1. The zero-order chi connectivity index (χ0) is 14.6. The Labute approximate surface area is 121 Å². The van der Waals surface area contributed by atoms with Crippen LogP contribution in [0.2, 0.25) is 0 Å². The Morgan fingerprint density at radius 2 is 2.05 bits per heavy atom. The van der Waals surface area contributed by atoms with E-state index in [1.54, 1.807) is 6.92 Å². The highest BCUT2D eigenvalue weighted by Crippen LogP contribution is 2.25. The van der Waals surface area contributed by atoms with E-state index >= 15 is 0 Å².